The molecule has 39 heavy (non-hydrogen) atoms. The van der Waals surface area contributed by atoms with Crippen molar-refractivity contribution < 1.29 is 52.7 Å². The van der Waals surface area contributed by atoms with Crippen molar-refractivity contribution >= 4 is 24.4 Å². The SMILES string of the molecule is CCOC(=O)OCC(C)C(c1ccc(OC(=O)OCCC(C)C)c(OC(=O)OCCC(C)C)c1)[C@H](N)C(=O)O. The summed E-state index contributed by atoms with van der Waals surface area (Å²) in [6.45, 7) is 11.3. The molecule has 3 atom stereocenters. The van der Waals surface area contributed by atoms with E-state index in [4.69, 9.17) is 34.2 Å². The Morgan fingerprint density at radius 3 is 1.82 bits per heavy atom. The second-order valence-corrected chi connectivity index (χ2v) is 9.83. The molecule has 1 rings (SSSR count). The molecule has 0 bridgehead atoms. The fraction of sp³-hybridized carbons (Fsp3) is 0.630. The van der Waals surface area contributed by atoms with Gasteiger partial charge in [-0.05, 0) is 55.2 Å². The third kappa shape index (κ3) is 12.7. The summed E-state index contributed by atoms with van der Waals surface area (Å²) in [5.74, 6) is -2.55. The van der Waals surface area contributed by atoms with Crippen molar-refractivity contribution in [2.45, 2.75) is 66.3 Å². The van der Waals surface area contributed by atoms with Gasteiger partial charge >= 0.3 is 24.4 Å². The molecule has 0 heterocycles. The largest absolute Gasteiger partial charge is 0.513 e. The number of nitrogens with two attached hydrogens (primary N) is 1. The highest BCUT2D eigenvalue weighted by atomic mass is 16.7. The number of ether oxygens (including phenoxy) is 6. The van der Waals surface area contributed by atoms with Crippen molar-refractivity contribution in [3.05, 3.63) is 23.8 Å². The number of hydrogen-bond donors (Lipinski definition) is 2. The van der Waals surface area contributed by atoms with E-state index in [1.807, 2.05) is 27.7 Å². The van der Waals surface area contributed by atoms with Crippen LogP contribution >= 0.6 is 0 Å². The number of carbonyl (C=O) groups is 4. The van der Waals surface area contributed by atoms with E-state index in [0.717, 1.165) is 0 Å². The first-order chi connectivity index (χ1) is 18.3. The maximum absolute atomic E-state index is 12.4. The van der Waals surface area contributed by atoms with Gasteiger partial charge in [-0.15, -0.1) is 0 Å². The molecule has 0 fully saturated rings. The number of carbonyl (C=O) groups excluding carboxylic acids is 3. The summed E-state index contributed by atoms with van der Waals surface area (Å²) in [6.07, 6.45) is -1.71. The van der Waals surface area contributed by atoms with Gasteiger partial charge in [0.1, 0.15) is 6.04 Å². The number of carboxylic acid groups (broad SMARTS) is 1. The second-order valence-electron chi connectivity index (χ2n) is 9.83. The van der Waals surface area contributed by atoms with E-state index in [1.165, 1.54) is 18.2 Å². The zero-order valence-corrected chi connectivity index (χ0v) is 23.5. The Balaban J connectivity index is 3.27. The number of benzene rings is 1. The predicted molar refractivity (Wildman–Crippen MR) is 140 cm³/mol. The van der Waals surface area contributed by atoms with Gasteiger partial charge in [0.2, 0.25) is 0 Å². The van der Waals surface area contributed by atoms with Crippen LogP contribution in [0.1, 0.15) is 65.9 Å². The minimum absolute atomic E-state index is 0.109. The van der Waals surface area contributed by atoms with Crippen molar-refractivity contribution in [3.63, 3.8) is 0 Å². The fourth-order valence-electron chi connectivity index (χ4n) is 3.40. The quantitative estimate of drug-likeness (QED) is 0.167. The second kappa shape index (κ2) is 17.1. The van der Waals surface area contributed by atoms with E-state index >= 15 is 0 Å². The lowest BCUT2D eigenvalue weighted by molar-refractivity contribution is -0.139. The summed E-state index contributed by atoms with van der Waals surface area (Å²) < 4.78 is 30.6. The molecule has 0 saturated carbocycles. The normalized spacial score (nSPS) is 13.3. The van der Waals surface area contributed by atoms with Gasteiger partial charge in [-0.1, -0.05) is 40.7 Å². The lowest BCUT2D eigenvalue weighted by atomic mass is 9.82. The molecule has 0 radical (unpaired) electrons. The number of rotatable bonds is 15. The number of hydrogen-bond acceptors (Lipinski definition) is 11. The third-order valence-corrected chi connectivity index (χ3v) is 5.58. The Bertz CT molecular complexity index is 948. The van der Waals surface area contributed by atoms with E-state index in [1.54, 1.807) is 13.8 Å². The molecule has 0 aliphatic heterocycles. The van der Waals surface area contributed by atoms with Crippen LogP contribution in [-0.4, -0.2) is 62.0 Å². The van der Waals surface area contributed by atoms with Crippen molar-refractivity contribution in [1.82, 2.24) is 0 Å². The molecule has 0 aromatic heterocycles. The minimum atomic E-state index is -1.41. The smallest absolute Gasteiger partial charge is 0.480 e. The maximum Gasteiger partial charge on any atom is 0.513 e. The van der Waals surface area contributed by atoms with E-state index in [2.05, 4.69) is 0 Å². The Kier molecular flexibility index (Phi) is 14.7. The first kappa shape index (κ1) is 33.5. The highest BCUT2D eigenvalue weighted by molar-refractivity contribution is 5.75. The molecule has 0 saturated heterocycles. The Hall–Kier alpha value is -3.54. The minimum Gasteiger partial charge on any atom is -0.480 e. The van der Waals surface area contributed by atoms with Crippen LogP contribution in [0.3, 0.4) is 0 Å². The van der Waals surface area contributed by atoms with Crippen LogP contribution in [0, 0.1) is 17.8 Å². The zero-order chi connectivity index (χ0) is 29.5. The third-order valence-electron chi connectivity index (χ3n) is 5.58. The van der Waals surface area contributed by atoms with Crippen LogP contribution in [0.2, 0.25) is 0 Å². The molecule has 0 amide bonds. The van der Waals surface area contributed by atoms with Gasteiger partial charge in [0, 0.05) is 5.92 Å². The van der Waals surface area contributed by atoms with Crippen molar-refractivity contribution in [2.75, 3.05) is 26.4 Å². The molecular formula is C27H41NO11. The average molecular weight is 556 g/mol. The van der Waals surface area contributed by atoms with Crippen LogP contribution < -0.4 is 15.2 Å². The van der Waals surface area contributed by atoms with E-state index in [-0.39, 0.29) is 43.8 Å². The predicted octanol–water partition coefficient (Wildman–Crippen LogP) is 5.11. The van der Waals surface area contributed by atoms with Gasteiger partial charge in [-0.2, -0.15) is 0 Å². The standard InChI is InChI=1S/C27H41NO11/c1-7-34-25(31)37-15-18(6)22(23(28)24(29)30)19-8-9-20(38-26(32)35-12-10-16(2)3)21(14-19)39-27(33)36-13-11-17(4)5/h8-9,14,16-18,22-23H,7,10-13,15,28H2,1-6H3,(H,29,30)/t18?,22?,23-/m0/s1. The Morgan fingerprint density at radius 1 is 0.795 bits per heavy atom. The monoisotopic (exact) mass is 555 g/mol. The molecule has 3 N–H and O–H groups in total. The average Bonchev–Trinajstić information content (AvgIpc) is 2.84. The molecule has 12 nitrogen and oxygen atoms in total. The number of aliphatic carboxylic acids is 1. The summed E-state index contributed by atoms with van der Waals surface area (Å²) in [5.41, 5.74) is 6.32. The Labute approximate surface area is 229 Å². The summed E-state index contributed by atoms with van der Waals surface area (Å²) in [6, 6.07) is 2.72. The first-order valence-corrected chi connectivity index (χ1v) is 13.0. The lowest BCUT2D eigenvalue weighted by Crippen LogP contribution is -2.40. The zero-order valence-electron chi connectivity index (χ0n) is 23.5. The van der Waals surface area contributed by atoms with Crippen LogP contribution in [0.4, 0.5) is 14.4 Å². The summed E-state index contributed by atoms with van der Waals surface area (Å²) in [4.78, 5) is 48.1. The van der Waals surface area contributed by atoms with E-state index < -0.39 is 42.3 Å². The summed E-state index contributed by atoms with van der Waals surface area (Å²) in [7, 11) is 0. The molecular weight excluding hydrogens is 514 g/mol. The van der Waals surface area contributed by atoms with Gasteiger partial charge in [-0.3, -0.25) is 4.79 Å². The molecule has 1 aromatic rings. The fourth-order valence-corrected chi connectivity index (χ4v) is 3.40. The summed E-state index contributed by atoms with van der Waals surface area (Å²) >= 11 is 0. The van der Waals surface area contributed by atoms with E-state index in [0.29, 0.717) is 24.3 Å². The van der Waals surface area contributed by atoms with Crippen molar-refractivity contribution in [2.24, 2.45) is 23.5 Å². The topological polar surface area (TPSA) is 170 Å². The summed E-state index contributed by atoms with van der Waals surface area (Å²) in [5, 5.41) is 9.63. The van der Waals surface area contributed by atoms with Crippen molar-refractivity contribution in [1.29, 1.82) is 0 Å². The molecule has 220 valence electrons. The number of carboxylic acids is 1. The molecule has 0 aliphatic carbocycles. The van der Waals surface area contributed by atoms with Gasteiger partial charge in [-0.25, -0.2) is 14.4 Å². The van der Waals surface area contributed by atoms with Crippen LogP contribution in [0.15, 0.2) is 18.2 Å². The lowest BCUT2D eigenvalue weighted by Gasteiger charge is -2.27. The Morgan fingerprint density at radius 2 is 1.33 bits per heavy atom. The van der Waals surface area contributed by atoms with Crippen LogP contribution in [0.5, 0.6) is 11.5 Å². The molecule has 12 heteroatoms. The maximum atomic E-state index is 12.4. The van der Waals surface area contributed by atoms with Gasteiger partial charge in [0.15, 0.2) is 11.5 Å². The van der Waals surface area contributed by atoms with Crippen LogP contribution in [-0.2, 0) is 23.7 Å². The van der Waals surface area contributed by atoms with Crippen molar-refractivity contribution in [3.8, 4) is 11.5 Å². The van der Waals surface area contributed by atoms with Crippen LogP contribution in [0.25, 0.3) is 0 Å². The first-order valence-electron chi connectivity index (χ1n) is 13.0. The molecule has 1 aromatic carbocycles. The van der Waals surface area contributed by atoms with Gasteiger partial charge in [0.05, 0.1) is 26.4 Å². The molecule has 0 aliphatic rings. The molecule has 0 spiro atoms. The van der Waals surface area contributed by atoms with E-state index in [9.17, 15) is 24.3 Å². The van der Waals surface area contributed by atoms with Gasteiger partial charge < -0.3 is 39.3 Å². The molecule has 2 unspecified atom stereocenters. The van der Waals surface area contributed by atoms with Gasteiger partial charge in [0.25, 0.3) is 0 Å². The highest BCUT2D eigenvalue weighted by Gasteiger charge is 2.33. The highest BCUT2D eigenvalue weighted by Crippen LogP contribution is 2.36.